The number of anilines is 2. The Bertz CT molecular complexity index is 1540. The highest BCUT2D eigenvalue weighted by molar-refractivity contribution is 6.09. The summed E-state index contributed by atoms with van der Waals surface area (Å²) in [4.78, 5) is 44.8. The number of halogens is 2. The van der Waals surface area contributed by atoms with Crippen LogP contribution in [0.2, 0.25) is 0 Å². The van der Waals surface area contributed by atoms with Crippen LogP contribution in [0.25, 0.3) is 0 Å². The van der Waals surface area contributed by atoms with Crippen LogP contribution < -0.4 is 30.2 Å². The lowest BCUT2D eigenvalue weighted by Gasteiger charge is -2.22. The first-order valence-electron chi connectivity index (χ1n) is 16.9. The summed E-state index contributed by atoms with van der Waals surface area (Å²) in [5.41, 5.74) is 8.38. The van der Waals surface area contributed by atoms with E-state index >= 15 is 0 Å². The van der Waals surface area contributed by atoms with Crippen molar-refractivity contribution in [1.29, 1.82) is 0 Å². The normalized spacial score (nSPS) is 10.4. The summed E-state index contributed by atoms with van der Waals surface area (Å²) in [5.74, 6) is 0.942. The van der Waals surface area contributed by atoms with E-state index in [2.05, 4.69) is 10.2 Å². The van der Waals surface area contributed by atoms with Gasteiger partial charge in [0.05, 0.1) is 37.3 Å². The van der Waals surface area contributed by atoms with E-state index in [9.17, 15) is 14.4 Å². The maximum Gasteiger partial charge on any atom is 0.259 e. The van der Waals surface area contributed by atoms with Crippen molar-refractivity contribution in [3.8, 4) is 17.2 Å². The van der Waals surface area contributed by atoms with Gasteiger partial charge in [-0.25, -0.2) is 0 Å². The number of methoxy groups -OCH3 is 1. The average molecular weight is 749 g/mol. The molecule has 0 aromatic heterocycles. The molecule has 3 aromatic rings. The van der Waals surface area contributed by atoms with Gasteiger partial charge in [-0.15, -0.1) is 24.8 Å². The minimum Gasteiger partial charge on any atom is -0.495 e. The number of rotatable bonds is 20. The number of aryl methyl sites for hydroxylation is 1. The summed E-state index contributed by atoms with van der Waals surface area (Å²) in [6, 6.07) is 17.6. The van der Waals surface area contributed by atoms with E-state index in [1.807, 2.05) is 51.2 Å². The van der Waals surface area contributed by atoms with Crippen molar-refractivity contribution < 1.29 is 28.6 Å². The molecule has 3 N–H and O–H groups in total. The summed E-state index contributed by atoms with van der Waals surface area (Å²) >= 11 is 0. The molecule has 0 heterocycles. The fourth-order valence-electron chi connectivity index (χ4n) is 5.16. The molecule has 0 saturated heterocycles. The number of carbonyl (C=O) groups excluding carboxylic acids is 3. The Morgan fingerprint density at radius 3 is 2.18 bits per heavy atom. The van der Waals surface area contributed by atoms with Crippen molar-refractivity contribution in [3.05, 3.63) is 77.4 Å². The monoisotopic (exact) mass is 747 g/mol. The number of carbonyl (C=O) groups is 3. The largest absolute Gasteiger partial charge is 0.495 e. The molecule has 13 heteroatoms. The van der Waals surface area contributed by atoms with Gasteiger partial charge in [0.25, 0.3) is 11.8 Å². The van der Waals surface area contributed by atoms with E-state index < -0.39 is 0 Å². The van der Waals surface area contributed by atoms with Gasteiger partial charge < -0.3 is 40.0 Å². The van der Waals surface area contributed by atoms with Crippen LogP contribution in [0.5, 0.6) is 17.2 Å². The second-order valence-corrected chi connectivity index (χ2v) is 12.3. The SMILES string of the molecule is COc1cc(C(=O)N(C)c2ccc(C)cc2OCCCCCC(=O)N(C)CCCN(C)C)ccc1NC(=O)c1ccccc1OCCCN.Cl.Cl. The molecule has 0 aliphatic rings. The molecule has 0 atom stereocenters. The fourth-order valence-corrected chi connectivity index (χ4v) is 5.16. The maximum atomic E-state index is 13.7. The Hall–Kier alpha value is -4.03. The molecule has 3 aromatic carbocycles. The van der Waals surface area contributed by atoms with Crippen LogP contribution in [0.15, 0.2) is 60.7 Å². The lowest BCUT2D eigenvalue weighted by Crippen LogP contribution is -2.29. The van der Waals surface area contributed by atoms with Crippen LogP contribution in [0.1, 0.15) is 64.8 Å². The Kier molecular flexibility index (Phi) is 20.7. The predicted molar refractivity (Wildman–Crippen MR) is 210 cm³/mol. The molecule has 51 heavy (non-hydrogen) atoms. The predicted octanol–water partition coefficient (Wildman–Crippen LogP) is 6.45. The van der Waals surface area contributed by atoms with Crippen molar-refractivity contribution in [2.45, 2.75) is 45.4 Å². The van der Waals surface area contributed by atoms with Crippen LogP contribution in [-0.2, 0) is 4.79 Å². The van der Waals surface area contributed by atoms with E-state index in [4.69, 9.17) is 19.9 Å². The minimum absolute atomic E-state index is 0. The first kappa shape index (κ1) is 45.0. The van der Waals surface area contributed by atoms with E-state index in [1.165, 1.54) is 7.11 Å². The van der Waals surface area contributed by atoms with Crippen LogP contribution in [0.3, 0.4) is 0 Å². The molecule has 0 radical (unpaired) electrons. The quantitative estimate of drug-likeness (QED) is 0.126. The standard InChI is InChI=1S/C38H53N5O6.2ClH/c1-28-17-20-32(35(26-28)49-24-11-7-8-16-36(44)42(4)23-13-22-41(2)3)43(5)38(46)29-18-19-31(34(27-29)47-6)40-37(45)30-14-9-10-15-33(30)48-25-12-21-39;;/h9-10,14-15,17-20,26-27H,7-8,11-13,16,21-25,39H2,1-6H3,(H,40,45);2*1H. The van der Waals surface area contributed by atoms with Crippen LogP contribution in [-0.4, -0.2) is 95.7 Å². The van der Waals surface area contributed by atoms with E-state index in [-0.39, 0.29) is 42.5 Å². The number of benzene rings is 3. The molecule has 0 spiro atoms. The molecule has 0 saturated carbocycles. The number of nitrogens with two attached hydrogens (primary N) is 1. The average Bonchev–Trinajstić information content (AvgIpc) is 3.09. The molecule has 282 valence electrons. The van der Waals surface area contributed by atoms with Gasteiger partial charge in [-0.05, 0) is 114 Å². The van der Waals surface area contributed by atoms with E-state index in [0.717, 1.165) is 44.3 Å². The van der Waals surface area contributed by atoms with Crippen LogP contribution in [0.4, 0.5) is 11.4 Å². The highest BCUT2D eigenvalue weighted by Crippen LogP contribution is 2.32. The van der Waals surface area contributed by atoms with Crippen molar-refractivity contribution in [2.75, 3.05) is 78.4 Å². The van der Waals surface area contributed by atoms with Gasteiger partial charge in [0, 0.05) is 32.6 Å². The molecule has 11 nitrogen and oxygen atoms in total. The van der Waals surface area contributed by atoms with E-state index in [0.29, 0.717) is 72.4 Å². The molecule has 0 bridgehead atoms. The first-order valence-corrected chi connectivity index (χ1v) is 16.9. The van der Waals surface area contributed by atoms with Crippen LogP contribution in [0, 0.1) is 6.92 Å². The van der Waals surface area contributed by atoms with E-state index in [1.54, 1.807) is 54.4 Å². The third kappa shape index (κ3) is 14.3. The number of ether oxygens (including phenoxy) is 3. The molecule has 0 aliphatic carbocycles. The number of nitrogens with one attached hydrogen (secondary N) is 1. The number of para-hydroxylation sites is 1. The van der Waals surface area contributed by atoms with Gasteiger partial charge in [0.1, 0.15) is 17.2 Å². The number of nitrogens with zero attached hydrogens (tertiary/aromatic N) is 3. The molecule has 0 aliphatic heterocycles. The molecule has 0 fully saturated rings. The summed E-state index contributed by atoms with van der Waals surface area (Å²) in [7, 11) is 9.11. The number of hydrogen-bond acceptors (Lipinski definition) is 8. The second-order valence-electron chi connectivity index (χ2n) is 12.3. The summed E-state index contributed by atoms with van der Waals surface area (Å²) in [5, 5.41) is 2.88. The maximum absolute atomic E-state index is 13.7. The van der Waals surface area contributed by atoms with Gasteiger partial charge in [0.15, 0.2) is 0 Å². The lowest BCUT2D eigenvalue weighted by atomic mass is 10.1. The van der Waals surface area contributed by atoms with Gasteiger partial charge in [-0.2, -0.15) is 0 Å². The Morgan fingerprint density at radius 2 is 1.47 bits per heavy atom. The number of hydrogen-bond donors (Lipinski definition) is 2. The topological polar surface area (TPSA) is 127 Å². The zero-order chi connectivity index (χ0) is 35.8. The zero-order valence-corrected chi connectivity index (χ0v) is 32.4. The van der Waals surface area contributed by atoms with Crippen LogP contribution >= 0.6 is 24.8 Å². The van der Waals surface area contributed by atoms with Gasteiger partial charge in [-0.3, -0.25) is 14.4 Å². The Labute approximate surface area is 315 Å². The Balaban J connectivity index is 0.00000650. The lowest BCUT2D eigenvalue weighted by molar-refractivity contribution is -0.130. The van der Waals surface area contributed by atoms with Gasteiger partial charge >= 0.3 is 0 Å². The minimum atomic E-state index is -0.367. The van der Waals surface area contributed by atoms with Crippen molar-refractivity contribution >= 4 is 53.9 Å². The number of unbranched alkanes of at least 4 members (excludes halogenated alkanes) is 2. The summed E-state index contributed by atoms with van der Waals surface area (Å²) < 4.78 is 17.5. The van der Waals surface area contributed by atoms with Gasteiger partial charge in [0.2, 0.25) is 5.91 Å². The third-order valence-electron chi connectivity index (χ3n) is 8.03. The molecule has 0 unspecified atom stereocenters. The second kappa shape index (κ2) is 23.4. The van der Waals surface area contributed by atoms with Gasteiger partial charge in [-0.1, -0.05) is 18.2 Å². The Morgan fingerprint density at radius 1 is 0.765 bits per heavy atom. The zero-order valence-electron chi connectivity index (χ0n) is 30.7. The highest BCUT2D eigenvalue weighted by Gasteiger charge is 2.21. The van der Waals surface area contributed by atoms with Crippen molar-refractivity contribution in [3.63, 3.8) is 0 Å². The van der Waals surface area contributed by atoms with Crippen molar-refractivity contribution in [1.82, 2.24) is 9.80 Å². The smallest absolute Gasteiger partial charge is 0.259 e. The first-order chi connectivity index (χ1) is 23.5. The van der Waals surface area contributed by atoms with Crippen molar-refractivity contribution in [2.24, 2.45) is 5.73 Å². The molecule has 3 amide bonds. The molecule has 3 rings (SSSR count). The molecular formula is C38H55Cl2N5O6. The summed E-state index contributed by atoms with van der Waals surface area (Å²) in [6.45, 7) is 5.05. The highest BCUT2D eigenvalue weighted by atomic mass is 35.5. The molecular weight excluding hydrogens is 693 g/mol. The number of amides is 3. The summed E-state index contributed by atoms with van der Waals surface area (Å²) in [6.07, 6.45) is 4.60. The fraction of sp³-hybridized carbons (Fsp3) is 0.447. The third-order valence-corrected chi connectivity index (χ3v) is 8.03.